The zero-order valence-electron chi connectivity index (χ0n) is 25.7. The first kappa shape index (κ1) is 37.8. The van der Waals surface area contributed by atoms with Gasteiger partial charge in [-0.15, -0.1) is 11.5 Å². The van der Waals surface area contributed by atoms with E-state index in [-0.39, 0.29) is 34.6 Å². The summed E-state index contributed by atoms with van der Waals surface area (Å²) in [6, 6.07) is 14.9. The molecular weight excluding hydrogens is 489 g/mol. The van der Waals surface area contributed by atoms with E-state index in [1.807, 2.05) is 36.4 Å². The van der Waals surface area contributed by atoms with Crippen LogP contribution in [0.4, 0.5) is 0 Å². The molecule has 0 saturated heterocycles. The standard InChI is InChI=1S/2C18H30O.Mg/c2*1-2-3-4-5-6-7-8-9-10-11-14-17-15-12-13-16-18(17)19;/h2*12-13,15-16,19H,2-11,14H2,1H3;/q;;+2/p-2. The first-order valence-electron chi connectivity index (χ1n) is 16.2. The van der Waals surface area contributed by atoms with Gasteiger partial charge in [0.1, 0.15) is 0 Å². The fourth-order valence-corrected chi connectivity index (χ4v) is 5.03. The predicted octanol–water partition coefficient (Wildman–Crippen LogP) is 10.1. The third kappa shape index (κ3) is 22.2. The molecule has 0 spiro atoms. The number of rotatable bonds is 22. The maximum Gasteiger partial charge on any atom is 2.00 e. The van der Waals surface area contributed by atoms with E-state index in [0.717, 1.165) is 36.8 Å². The zero-order chi connectivity index (χ0) is 27.5. The fourth-order valence-electron chi connectivity index (χ4n) is 5.03. The Hall–Kier alpha value is -1.19. The van der Waals surface area contributed by atoms with Gasteiger partial charge in [0, 0.05) is 0 Å². The Bertz CT molecular complexity index is 711. The topological polar surface area (TPSA) is 46.1 Å². The molecule has 2 rings (SSSR count). The van der Waals surface area contributed by atoms with Crippen molar-refractivity contribution in [2.75, 3.05) is 0 Å². The summed E-state index contributed by atoms with van der Waals surface area (Å²) < 4.78 is 0. The molecule has 2 aromatic rings. The third-order valence-corrected chi connectivity index (χ3v) is 7.54. The average Bonchev–Trinajstić information content (AvgIpc) is 2.93. The second-order valence-corrected chi connectivity index (χ2v) is 11.1. The Labute approximate surface area is 258 Å². The molecule has 39 heavy (non-hydrogen) atoms. The molecule has 0 aliphatic carbocycles. The zero-order valence-corrected chi connectivity index (χ0v) is 27.1. The van der Waals surface area contributed by atoms with Crippen molar-refractivity contribution < 1.29 is 10.2 Å². The van der Waals surface area contributed by atoms with Gasteiger partial charge in [-0.1, -0.05) is 189 Å². The van der Waals surface area contributed by atoms with E-state index in [1.54, 1.807) is 12.1 Å². The van der Waals surface area contributed by atoms with Crippen molar-refractivity contribution in [2.45, 2.75) is 155 Å². The summed E-state index contributed by atoms with van der Waals surface area (Å²) >= 11 is 0. The quantitative estimate of drug-likeness (QED) is 0.109. The van der Waals surface area contributed by atoms with Crippen LogP contribution in [-0.4, -0.2) is 23.1 Å². The van der Waals surface area contributed by atoms with Crippen molar-refractivity contribution in [1.82, 2.24) is 0 Å². The van der Waals surface area contributed by atoms with Crippen LogP contribution >= 0.6 is 0 Å². The van der Waals surface area contributed by atoms with E-state index in [1.165, 1.54) is 116 Å². The monoisotopic (exact) mass is 546 g/mol. The van der Waals surface area contributed by atoms with Crippen LogP contribution in [0.3, 0.4) is 0 Å². The third-order valence-electron chi connectivity index (χ3n) is 7.54. The van der Waals surface area contributed by atoms with Crippen LogP contribution in [0.25, 0.3) is 0 Å². The van der Waals surface area contributed by atoms with E-state index in [2.05, 4.69) is 13.8 Å². The summed E-state index contributed by atoms with van der Waals surface area (Å²) in [6.07, 6.45) is 28.9. The molecule has 0 bridgehead atoms. The Balaban J connectivity index is 0.000000722. The molecule has 0 heterocycles. The summed E-state index contributed by atoms with van der Waals surface area (Å²) in [5, 5.41) is 23.0. The molecule has 0 N–H and O–H groups in total. The van der Waals surface area contributed by atoms with E-state index in [4.69, 9.17) is 0 Å². The summed E-state index contributed by atoms with van der Waals surface area (Å²) in [7, 11) is 0. The predicted molar refractivity (Wildman–Crippen MR) is 169 cm³/mol. The maximum atomic E-state index is 11.5. The Morgan fingerprint density at radius 3 is 0.923 bits per heavy atom. The van der Waals surface area contributed by atoms with E-state index in [0.29, 0.717) is 0 Å². The molecule has 0 atom stereocenters. The van der Waals surface area contributed by atoms with Crippen molar-refractivity contribution in [3.05, 3.63) is 59.7 Å². The molecule has 0 amide bonds. The summed E-state index contributed by atoms with van der Waals surface area (Å²) in [5.41, 5.74) is 1.98. The SMILES string of the molecule is CCCCCCCCCCCCc1ccccc1[O-].CCCCCCCCCCCCc1ccccc1[O-].[Mg+2]. The molecule has 216 valence electrons. The van der Waals surface area contributed by atoms with Crippen molar-refractivity contribution in [1.29, 1.82) is 0 Å². The van der Waals surface area contributed by atoms with Crippen molar-refractivity contribution in [2.24, 2.45) is 0 Å². The van der Waals surface area contributed by atoms with Gasteiger partial charge in [-0.2, -0.15) is 0 Å². The molecule has 0 fully saturated rings. The molecule has 0 unspecified atom stereocenters. The van der Waals surface area contributed by atoms with Crippen LogP contribution in [-0.2, 0) is 12.8 Å². The van der Waals surface area contributed by atoms with Gasteiger partial charge in [-0.05, 0) is 25.7 Å². The molecular formula is C36H58MgO2. The van der Waals surface area contributed by atoms with E-state index < -0.39 is 0 Å². The Morgan fingerprint density at radius 1 is 0.385 bits per heavy atom. The van der Waals surface area contributed by atoms with Crippen LogP contribution < -0.4 is 10.2 Å². The number of hydrogen-bond acceptors (Lipinski definition) is 2. The molecule has 0 aliphatic rings. The summed E-state index contributed by atoms with van der Waals surface area (Å²) in [4.78, 5) is 0. The van der Waals surface area contributed by atoms with Crippen molar-refractivity contribution in [3.8, 4) is 11.5 Å². The van der Waals surface area contributed by atoms with Crippen molar-refractivity contribution >= 4 is 23.1 Å². The summed E-state index contributed by atoms with van der Waals surface area (Å²) in [5.74, 6) is 0.414. The minimum absolute atomic E-state index is 0. The van der Waals surface area contributed by atoms with Gasteiger partial charge < -0.3 is 10.2 Å². The number of para-hydroxylation sites is 2. The molecule has 0 aromatic heterocycles. The number of aryl methyl sites for hydroxylation is 2. The van der Waals surface area contributed by atoms with Crippen LogP contribution in [0, 0.1) is 0 Å². The molecule has 2 nitrogen and oxygen atoms in total. The van der Waals surface area contributed by atoms with Crippen LogP contribution in [0.5, 0.6) is 11.5 Å². The molecule has 2 aromatic carbocycles. The number of hydrogen-bond donors (Lipinski definition) is 0. The fraction of sp³-hybridized carbons (Fsp3) is 0.667. The largest absolute Gasteiger partial charge is 2.00 e. The first-order valence-corrected chi connectivity index (χ1v) is 16.2. The van der Waals surface area contributed by atoms with Gasteiger partial charge in [0.2, 0.25) is 0 Å². The second kappa shape index (κ2) is 28.3. The van der Waals surface area contributed by atoms with Crippen molar-refractivity contribution in [3.63, 3.8) is 0 Å². The molecule has 0 radical (unpaired) electrons. The van der Waals surface area contributed by atoms with Crippen LogP contribution in [0.2, 0.25) is 0 Å². The van der Waals surface area contributed by atoms with Crippen LogP contribution in [0.1, 0.15) is 153 Å². The van der Waals surface area contributed by atoms with Gasteiger partial charge >= 0.3 is 23.1 Å². The van der Waals surface area contributed by atoms with Gasteiger partial charge in [-0.3, -0.25) is 0 Å². The summed E-state index contributed by atoms with van der Waals surface area (Å²) in [6.45, 7) is 4.53. The molecule has 0 saturated carbocycles. The smallest absolute Gasteiger partial charge is 0.872 e. The van der Waals surface area contributed by atoms with Gasteiger partial charge in [0.15, 0.2) is 0 Å². The normalized spacial score (nSPS) is 10.5. The Kier molecular flexibility index (Phi) is 27.5. The van der Waals surface area contributed by atoms with Gasteiger partial charge in [-0.25, -0.2) is 0 Å². The van der Waals surface area contributed by atoms with E-state index in [9.17, 15) is 10.2 Å². The van der Waals surface area contributed by atoms with Gasteiger partial charge in [0.05, 0.1) is 0 Å². The Morgan fingerprint density at radius 2 is 0.641 bits per heavy atom. The second-order valence-electron chi connectivity index (χ2n) is 11.1. The van der Waals surface area contributed by atoms with Crippen LogP contribution in [0.15, 0.2) is 48.5 Å². The maximum absolute atomic E-state index is 11.5. The van der Waals surface area contributed by atoms with E-state index >= 15 is 0 Å². The number of unbranched alkanes of at least 4 members (excludes halogenated alkanes) is 18. The first-order chi connectivity index (χ1) is 18.7. The molecule has 0 aliphatic heterocycles. The minimum atomic E-state index is 0. The molecule has 3 heteroatoms. The van der Waals surface area contributed by atoms with Gasteiger partial charge in [0.25, 0.3) is 0 Å². The number of benzene rings is 2. The average molecular weight is 547 g/mol. The minimum Gasteiger partial charge on any atom is -0.872 e.